The van der Waals surface area contributed by atoms with E-state index in [2.05, 4.69) is 19.1 Å². The lowest BCUT2D eigenvalue weighted by atomic mass is 10.1. The molecule has 26 heavy (non-hydrogen) atoms. The highest BCUT2D eigenvalue weighted by Crippen LogP contribution is 2.18. The maximum atomic E-state index is 9.91. The van der Waals surface area contributed by atoms with Gasteiger partial charge in [-0.25, -0.2) is 0 Å². The fraction of sp³-hybridized carbons (Fsp3) is 0.905. The molecule has 0 amide bonds. The number of hydrogen-bond donors (Lipinski definition) is 3. The first kappa shape index (κ1) is 23.6. The SMILES string of the molecule is CCCCC/C=C/CCCCCCCCOC[C@H](O)[C@H]1OC[C@@H](O)[C@H]1O. The van der Waals surface area contributed by atoms with Crippen LogP contribution < -0.4 is 0 Å². The quantitative estimate of drug-likeness (QED) is 0.286. The Morgan fingerprint density at radius 1 is 0.962 bits per heavy atom. The smallest absolute Gasteiger partial charge is 0.114 e. The van der Waals surface area contributed by atoms with Gasteiger partial charge in [-0.1, -0.05) is 57.6 Å². The van der Waals surface area contributed by atoms with Crippen LogP contribution in [0.4, 0.5) is 0 Å². The van der Waals surface area contributed by atoms with E-state index in [1.807, 2.05) is 0 Å². The van der Waals surface area contributed by atoms with Gasteiger partial charge in [0, 0.05) is 6.61 Å². The van der Waals surface area contributed by atoms with Crippen LogP contribution in [-0.4, -0.2) is 59.6 Å². The molecule has 4 atom stereocenters. The van der Waals surface area contributed by atoms with Gasteiger partial charge in [0.15, 0.2) is 0 Å². The number of ether oxygens (including phenoxy) is 2. The van der Waals surface area contributed by atoms with Crippen LogP contribution in [0.5, 0.6) is 0 Å². The monoisotopic (exact) mass is 372 g/mol. The summed E-state index contributed by atoms with van der Waals surface area (Å²) in [5.41, 5.74) is 0. The average Bonchev–Trinajstić information content (AvgIpc) is 2.97. The van der Waals surface area contributed by atoms with Crippen molar-refractivity contribution in [2.75, 3.05) is 19.8 Å². The standard InChI is InChI=1S/C21H40O5/c1-2-3-4-5-6-7-8-9-10-11-12-13-14-15-25-16-19(23)21-20(24)18(22)17-26-21/h6-7,18-24H,2-5,8-17H2,1H3/b7-6+/t18-,19+,20-,21-/m1/s1. The van der Waals surface area contributed by atoms with E-state index in [4.69, 9.17) is 9.47 Å². The van der Waals surface area contributed by atoms with E-state index in [1.54, 1.807) is 0 Å². The Morgan fingerprint density at radius 2 is 1.58 bits per heavy atom. The van der Waals surface area contributed by atoms with Gasteiger partial charge in [-0.3, -0.25) is 0 Å². The molecule has 154 valence electrons. The summed E-state index contributed by atoms with van der Waals surface area (Å²) in [4.78, 5) is 0. The average molecular weight is 373 g/mol. The fourth-order valence-corrected chi connectivity index (χ4v) is 3.18. The van der Waals surface area contributed by atoms with Crippen molar-refractivity contribution in [3.63, 3.8) is 0 Å². The maximum Gasteiger partial charge on any atom is 0.114 e. The highest BCUT2D eigenvalue weighted by atomic mass is 16.5. The van der Waals surface area contributed by atoms with Gasteiger partial charge in [0.2, 0.25) is 0 Å². The zero-order valence-corrected chi connectivity index (χ0v) is 16.5. The fourth-order valence-electron chi connectivity index (χ4n) is 3.18. The number of hydrogen-bond acceptors (Lipinski definition) is 5. The zero-order valence-electron chi connectivity index (χ0n) is 16.5. The minimum atomic E-state index is -1.03. The van der Waals surface area contributed by atoms with Gasteiger partial charge in [-0.2, -0.15) is 0 Å². The van der Waals surface area contributed by atoms with Gasteiger partial charge < -0.3 is 24.8 Å². The molecule has 0 bridgehead atoms. The summed E-state index contributed by atoms with van der Waals surface area (Å²) in [5.74, 6) is 0. The summed E-state index contributed by atoms with van der Waals surface area (Å²) >= 11 is 0. The van der Waals surface area contributed by atoms with E-state index >= 15 is 0 Å². The van der Waals surface area contributed by atoms with Gasteiger partial charge in [-0.15, -0.1) is 0 Å². The van der Waals surface area contributed by atoms with Crippen molar-refractivity contribution in [1.29, 1.82) is 0 Å². The first-order chi connectivity index (χ1) is 12.7. The molecule has 1 aliphatic heterocycles. The predicted molar refractivity (Wildman–Crippen MR) is 104 cm³/mol. The molecule has 1 fully saturated rings. The van der Waals surface area contributed by atoms with Crippen LogP contribution in [0.2, 0.25) is 0 Å². The Morgan fingerprint density at radius 3 is 2.19 bits per heavy atom. The topological polar surface area (TPSA) is 79.2 Å². The van der Waals surface area contributed by atoms with Gasteiger partial charge in [0.25, 0.3) is 0 Å². The van der Waals surface area contributed by atoms with E-state index in [0.29, 0.717) is 6.61 Å². The van der Waals surface area contributed by atoms with Gasteiger partial charge in [0.05, 0.1) is 13.2 Å². The lowest BCUT2D eigenvalue weighted by molar-refractivity contribution is -0.0813. The van der Waals surface area contributed by atoms with Crippen LogP contribution in [0, 0.1) is 0 Å². The van der Waals surface area contributed by atoms with E-state index in [1.165, 1.54) is 57.8 Å². The number of unbranched alkanes of at least 4 members (excludes halogenated alkanes) is 9. The van der Waals surface area contributed by atoms with Gasteiger partial charge >= 0.3 is 0 Å². The molecular formula is C21H40O5. The largest absolute Gasteiger partial charge is 0.388 e. The number of aliphatic hydroxyl groups excluding tert-OH is 3. The third kappa shape index (κ3) is 10.6. The van der Waals surface area contributed by atoms with E-state index in [9.17, 15) is 15.3 Å². The third-order valence-electron chi connectivity index (χ3n) is 4.91. The van der Waals surface area contributed by atoms with Crippen molar-refractivity contribution in [2.24, 2.45) is 0 Å². The molecule has 0 radical (unpaired) electrons. The number of allylic oxidation sites excluding steroid dienone is 2. The van der Waals surface area contributed by atoms with E-state index in [0.717, 1.165) is 12.8 Å². The normalized spacial score (nSPS) is 24.5. The Bertz CT molecular complexity index is 347. The van der Waals surface area contributed by atoms with Crippen LogP contribution in [-0.2, 0) is 9.47 Å². The lowest BCUT2D eigenvalue weighted by Gasteiger charge is -2.20. The van der Waals surface area contributed by atoms with Crippen LogP contribution >= 0.6 is 0 Å². The molecule has 1 rings (SSSR count). The van der Waals surface area contributed by atoms with Gasteiger partial charge in [-0.05, 0) is 32.1 Å². The molecule has 1 saturated heterocycles. The predicted octanol–water partition coefficient (Wildman–Crippen LogP) is 3.35. The maximum absolute atomic E-state index is 9.91. The van der Waals surface area contributed by atoms with Crippen molar-refractivity contribution in [3.8, 4) is 0 Å². The van der Waals surface area contributed by atoms with Crippen molar-refractivity contribution in [2.45, 2.75) is 102 Å². The summed E-state index contributed by atoms with van der Waals surface area (Å²) in [6.07, 6.45) is 14.7. The van der Waals surface area contributed by atoms with Crippen molar-refractivity contribution >= 4 is 0 Å². The summed E-state index contributed by atoms with van der Waals surface area (Å²) in [6.45, 7) is 3.06. The Labute approximate surface area is 159 Å². The van der Waals surface area contributed by atoms with Crippen LogP contribution in [0.25, 0.3) is 0 Å². The summed E-state index contributed by atoms with van der Waals surface area (Å²) in [5, 5.41) is 29.0. The first-order valence-electron chi connectivity index (χ1n) is 10.5. The number of rotatable bonds is 16. The summed E-state index contributed by atoms with van der Waals surface area (Å²) < 4.78 is 10.6. The molecule has 1 heterocycles. The zero-order chi connectivity index (χ0) is 19.0. The molecule has 0 aromatic rings. The first-order valence-corrected chi connectivity index (χ1v) is 10.5. The molecule has 0 aromatic carbocycles. The molecule has 0 spiro atoms. The molecule has 0 saturated carbocycles. The van der Waals surface area contributed by atoms with Crippen LogP contribution in [0.1, 0.15) is 77.6 Å². The summed E-state index contributed by atoms with van der Waals surface area (Å²) in [6, 6.07) is 0. The highest BCUT2D eigenvalue weighted by Gasteiger charge is 2.39. The number of aliphatic hydroxyl groups is 3. The van der Waals surface area contributed by atoms with Crippen LogP contribution in [0.15, 0.2) is 12.2 Å². The van der Waals surface area contributed by atoms with Crippen LogP contribution in [0.3, 0.4) is 0 Å². The third-order valence-corrected chi connectivity index (χ3v) is 4.91. The minimum Gasteiger partial charge on any atom is -0.388 e. The molecule has 5 heteroatoms. The van der Waals surface area contributed by atoms with E-state index in [-0.39, 0.29) is 13.2 Å². The molecule has 1 aliphatic rings. The Balaban J connectivity index is 1.82. The minimum absolute atomic E-state index is 0.0670. The Kier molecular flexibility index (Phi) is 14.1. The lowest BCUT2D eigenvalue weighted by Crippen LogP contribution is -2.40. The molecule has 0 unspecified atom stereocenters. The van der Waals surface area contributed by atoms with Crippen molar-refractivity contribution in [3.05, 3.63) is 12.2 Å². The molecule has 5 nitrogen and oxygen atoms in total. The van der Waals surface area contributed by atoms with Crippen molar-refractivity contribution in [1.82, 2.24) is 0 Å². The molecule has 0 aliphatic carbocycles. The second-order valence-electron chi connectivity index (χ2n) is 7.38. The van der Waals surface area contributed by atoms with E-state index < -0.39 is 24.4 Å². The molecular weight excluding hydrogens is 332 g/mol. The van der Waals surface area contributed by atoms with Crippen molar-refractivity contribution < 1.29 is 24.8 Å². The molecule has 0 aromatic heterocycles. The highest BCUT2D eigenvalue weighted by molar-refractivity contribution is 4.87. The van der Waals surface area contributed by atoms with Gasteiger partial charge in [0.1, 0.15) is 24.4 Å². The summed E-state index contributed by atoms with van der Waals surface area (Å²) in [7, 11) is 0. The second kappa shape index (κ2) is 15.6. The Hall–Kier alpha value is -0.460. The molecule has 3 N–H and O–H groups in total. The second-order valence-corrected chi connectivity index (χ2v) is 7.38.